The van der Waals surface area contributed by atoms with E-state index in [0.29, 0.717) is 0 Å². The van der Waals surface area contributed by atoms with Gasteiger partial charge in [0.05, 0.1) is 6.04 Å². The first-order chi connectivity index (χ1) is 13.8. The van der Waals surface area contributed by atoms with Gasteiger partial charge in [-0.05, 0) is 86.4 Å². The standard InChI is InChI=1S/C23H27F3N2O/c1-4-21(18-8-9-18)27-14-15(2)28-22-7-5-6-20(22)16(3)17-10-12-19(13-11-17)29-23(24,25)26/h4,10-13,15,27H,1,5-9,14H2,2-3H3/b20-16+,28-22?. The van der Waals surface area contributed by atoms with E-state index in [-0.39, 0.29) is 11.8 Å². The van der Waals surface area contributed by atoms with E-state index in [4.69, 9.17) is 4.99 Å². The molecule has 1 aromatic rings. The largest absolute Gasteiger partial charge is 0.573 e. The average molecular weight is 404 g/mol. The molecule has 2 saturated carbocycles. The lowest BCUT2D eigenvalue weighted by molar-refractivity contribution is -0.274. The first-order valence-electron chi connectivity index (χ1n) is 9.98. The van der Waals surface area contributed by atoms with Crippen LogP contribution in [0.2, 0.25) is 0 Å². The maximum atomic E-state index is 12.3. The molecule has 156 valence electrons. The van der Waals surface area contributed by atoms with Crippen LogP contribution in [0.4, 0.5) is 13.2 Å². The molecule has 0 saturated heterocycles. The van der Waals surface area contributed by atoms with E-state index in [2.05, 4.69) is 23.6 Å². The Labute approximate surface area is 170 Å². The quantitative estimate of drug-likeness (QED) is 0.587. The van der Waals surface area contributed by atoms with Crippen LogP contribution in [0.5, 0.6) is 5.75 Å². The summed E-state index contributed by atoms with van der Waals surface area (Å²) in [5, 5.41) is 3.44. The summed E-state index contributed by atoms with van der Waals surface area (Å²) >= 11 is 0. The fraction of sp³-hybridized carbons (Fsp3) is 0.435. The van der Waals surface area contributed by atoms with Crippen molar-refractivity contribution in [1.29, 1.82) is 0 Å². The van der Waals surface area contributed by atoms with Crippen molar-refractivity contribution in [3.63, 3.8) is 0 Å². The van der Waals surface area contributed by atoms with E-state index >= 15 is 0 Å². The molecule has 1 unspecified atom stereocenters. The second-order valence-corrected chi connectivity index (χ2v) is 7.56. The summed E-state index contributed by atoms with van der Waals surface area (Å²) in [6.07, 6.45) is 2.41. The number of allylic oxidation sites excluding steroid dienone is 4. The molecule has 2 aliphatic carbocycles. The lowest BCUT2D eigenvalue weighted by atomic mass is 9.99. The number of rotatable bonds is 7. The number of nitrogens with one attached hydrogen (secondary N) is 1. The molecule has 0 radical (unpaired) electrons. The van der Waals surface area contributed by atoms with E-state index in [9.17, 15) is 13.2 Å². The number of halogens is 3. The molecule has 1 aromatic carbocycles. The molecule has 0 aliphatic heterocycles. The third-order valence-corrected chi connectivity index (χ3v) is 5.21. The van der Waals surface area contributed by atoms with E-state index in [1.807, 2.05) is 13.0 Å². The van der Waals surface area contributed by atoms with E-state index in [1.54, 1.807) is 12.1 Å². The van der Waals surface area contributed by atoms with Gasteiger partial charge in [0.2, 0.25) is 0 Å². The predicted molar refractivity (Wildman–Crippen MR) is 111 cm³/mol. The second kappa shape index (κ2) is 8.89. The minimum absolute atomic E-state index is 0.128. The fourth-order valence-electron chi connectivity index (χ4n) is 3.60. The van der Waals surface area contributed by atoms with Crippen LogP contribution in [0.3, 0.4) is 0 Å². The first kappa shape index (κ1) is 21.2. The molecule has 1 N–H and O–H groups in total. The zero-order chi connectivity index (χ0) is 21.0. The van der Waals surface area contributed by atoms with E-state index in [1.165, 1.54) is 23.3 Å². The smallest absolute Gasteiger partial charge is 0.406 e. The van der Waals surface area contributed by atoms with Gasteiger partial charge in [-0.15, -0.1) is 13.2 Å². The molecule has 0 spiro atoms. The highest BCUT2D eigenvalue weighted by Crippen LogP contribution is 2.32. The van der Waals surface area contributed by atoms with Gasteiger partial charge < -0.3 is 10.1 Å². The number of benzene rings is 1. The predicted octanol–water partition coefficient (Wildman–Crippen LogP) is 6.20. The molecule has 0 amide bonds. The number of hydrogen-bond donors (Lipinski definition) is 1. The Morgan fingerprint density at radius 3 is 2.48 bits per heavy atom. The van der Waals surface area contributed by atoms with Crippen molar-refractivity contribution in [2.45, 2.75) is 58.4 Å². The molecule has 29 heavy (non-hydrogen) atoms. The van der Waals surface area contributed by atoms with Crippen LogP contribution in [0, 0.1) is 0 Å². The summed E-state index contributed by atoms with van der Waals surface area (Å²) in [5.41, 5.74) is 6.82. The number of hydrogen-bond acceptors (Lipinski definition) is 3. The molecule has 1 atom stereocenters. The van der Waals surface area contributed by atoms with Crippen LogP contribution in [0.15, 0.2) is 58.8 Å². The third-order valence-electron chi connectivity index (χ3n) is 5.21. The average Bonchev–Trinajstić information content (AvgIpc) is 3.40. The zero-order valence-corrected chi connectivity index (χ0v) is 16.9. The Morgan fingerprint density at radius 2 is 1.90 bits per heavy atom. The van der Waals surface area contributed by atoms with Crippen molar-refractivity contribution in [1.82, 2.24) is 5.32 Å². The molecule has 2 fully saturated rings. The lowest BCUT2D eigenvalue weighted by Crippen LogP contribution is -2.23. The highest BCUT2D eigenvalue weighted by atomic mass is 19.4. The zero-order valence-electron chi connectivity index (χ0n) is 16.9. The van der Waals surface area contributed by atoms with Crippen molar-refractivity contribution in [2.75, 3.05) is 6.54 Å². The molecular weight excluding hydrogens is 377 g/mol. The molecule has 3 rings (SSSR count). The highest BCUT2D eigenvalue weighted by Gasteiger charge is 2.31. The summed E-state index contributed by atoms with van der Waals surface area (Å²) in [7, 11) is 0. The number of aliphatic imine (C=N–C) groups is 1. The SMILES string of the molecule is C=CC(NCC(C)N=C1CCC/C1=C(/C)c1ccc(OC(F)(F)F)cc1)=C1CC1. The van der Waals surface area contributed by atoms with Crippen molar-refractivity contribution < 1.29 is 17.9 Å². The van der Waals surface area contributed by atoms with Gasteiger partial charge in [-0.2, -0.15) is 0 Å². The number of ether oxygens (including phenoxy) is 1. The maximum absolute atomic E-state index is 12.3. The summed E-state index contributed by atoms with van der Waals surface area (Å²) in [6, 6.07) is 6.17. The van der Waals surface area contributed by atoms with Crippen molar-refractivity contribution >= 4 is 11.3 Å². The molecule has 0 aromatic heterocycles. The normalized spacial score (nSPS) is 20.4. The van der Waals surface area contributed by atoms with Crippen molar-refractivity contribution in [3.05, 3.63) is 59.3 Å². The molecule has 0 heterocycles. The van der Waals surface area contributed by atoms with E-state index < -0.39 is 6.36 Å². The van der Waals surface area contributed by atoms with Crippen LogP contribution in [-0.4, -0.2) is 24.7 Å². The second-order valence-electron chi connectivity index (χ2n) is 7.56. The van der Waals surface area contributed by atoms with E-state index in [0.717, 1.165) is 61.2 Å². The molecule has 6 heteroatoms. The minimum Gasteiger partial charge on any atom is -0.406 e. The molecular formula is C23H27F3N2O. The van der Waals surface area contributed by atoms with Crippen LogP contribution in [0.1, 0.15) is 51.5 Å². The monoisotopic (exact) mass is 404 g/mol. The fourth-order valence-corrected chi connectivity index (χ4v) is 3.60. The topological polar surface area (TPSA) is 33.6 Å². The molecule has 2 aliphatic rings. The Balaban J connectivity index is 1.70. The van der Waals surface area contributed by atoms with Crippen LogP contribution in [-0.2, 0) is 0 Å². The first-order valence-corrected chi connectivity index (χ1v) is 9.98. The summed E-state index contributed by atoms with van der Waals surface area (Å²) in [6.45, 7) is 8.71. The Kier molecular flexibility index (Phi) is 6.50. The summed E-state index contributed by atoms with van der Waals surface area (Å²) in [5.74, 6) is -0.207. The Bertz CT molecular complexity index is 842. The van der Waals surface area contributed by atoms with Crippen LogP contribution in [0.25, 0.3) is 5.57 Å². The Morgan fingerprint density at radius 1 is 1.21 bits per heavy atom. The van der Waals surface area contributed by atoms with Gasteiger partial charge in [-0.25, -0.2) is 0 Å². The van der Waals surface area contributed by atoms with Gasteiger partial charge in [0.1, 0.15) is 5.75 Å². The van der Waals surface area contributed by atoms with Gasteiger partial charge in [-0.3, -0.25) is 4.99 Å². The number of alkyl halides is 3. The maximum Gasteiger partial charge on any atom is 0.573 e. The van der Waals surface area contributed by atoms with Gasteiger partial charge in [0, 0.05) is 18.0 Å². The van der Waals surface area contributed by atoms with Gasteiger partial charge in [-0.1, -0.05) is 18.7 Å². The van der Waals surface area contributed by atoms with Crippen LogP contribution < -0.4 is 10.1 Å². The minimum atomic E-state index is -4.68. The Hall–Kier alpha value is -2.50. The third kappa shape index (κ3) is 5.99. The van der Waals surface area contributed by atoms with Gasteiger partial charge in [0.15, 0.2) is 0 Å². The summed E-state index contributed by atoms with van der Waals surface area (Å²) < 4.78 is 41.0. The molecule has 3 nitrogen and oxygen atoms in total. The van der Waals surface area contributed by atoms with Gasteiger partial charge >= 0.3 is 6.36 Å². The highest BCUT2D eigenvalue weighted by molar-refractivity contribution is 6.07. The van der Waals surface area contributed by atoms with Crippen LogP contribution >= 0.6 is 0 Å². The molecule has 0 bridgehead atoms. The summed E-state index contributed by atoms with van der Waals surface area (Å²) in [4.78, 5) is 4.92. The van der Waals surface area contributed by atoms with Gasteiger partial charge in [0.25, 0.3) is 0 Å². The lowest BCUT2D eigenvalue weighted by Gasteiger charge is -2.14. The van der Waals surface area contributed by atoms with Crippen molar-refractivity contribution in [2.24, 2.45) is 4.99 Å². The van der Waals surface area contributed by atoms with Crippen molar-refractivity contribution in [3.8, 4) is 5.75 Å². The number of nitrogens with zero attached hydrogens (tertiary/aromatic N) is 1.